The van der Waals surface area contributed by atoms with Crippen LogP contribution >= 0.6 is 24.0 Å². The third-order valence-electron chi connectivity index (χ3n) is 3.94. The Hall–Kier alpha value is -1.31. The minimum atomic E-state index is 0. The molecule has 0 aliphatic carbocycles. The molecule has 1 aromatic rings. The van der Waals surface area contributed by atoms with Crippen molar-refractivity contribution in [2.45, 2.75) is 32.7 Å². The average molecular weight is 430 g/mol. The normalized spacial score (nSPS) is 13.8. The summed E-state index contributed by atoms with van der Waals surface area (Å²) in [4.78, 5) is 18.4. The summed E-state index contributed by atoms with van der Waals surface area (Å²) in [5.74, 6) is 0.812. The van der Waals surface area contributed by atoms with E-state index in [4.69, 9.17) is 0 Å². The molecule has 1 aliphatic heterocycles. The van der Waals surface area contributed by atoms with Crippen molar-refractivity contribution in [3.63, 3.8) is 0 Å². The van der Waals surface area contributed by atoms with E-state index < -0.39 is 0 Å². The zero-order valence-corrected chi connectivity index (χ0v) is 16.3. The highest BCUT2D eigenvalue weighted by Gasteiger charge is 2.20. The summed E-state index contributed by atoms with van der Waals surface area (Å²) in [6.07, 6.45) is 3.17. The number of rotatable bonds is 5. The maximum Gasteiger partial charge on any atom is 0.242 e. The second kappa shape index (κ2) is 10.5. The quantitative estimate of drug-likeness (QED) is 0.326. The summed E-state index contributed by atoms with van der Waals surface area (Å²) in [5, 5.41) is 6.31. The monoisotopic (exact) mass is 430 g/mol. The topological polar surface area (TPSA) is 56.7 Å². The number of halogens is 1. The molecule has 0 unspecified atom stereocenters. The molecular formula is C17H27IN4O. The first-order valence-corrected chi connectivity index (χ1v) is 8.03. The summed E-state index contributed by atoms with van der Waals surface area (Å²) in [5.41, 5.74) is 2.61. The van der Waals surface area contributed by atoms with Gasteiger partial charge >= 0.3 is 0 Å². The fourth-order valence-electron chi connectivity index (χ4n) is 2.58. The van der Waals surface area contributed by atoms with Gasteiger partial charge in [-0.1, -0.05) is 37.6 Å². The standard InChI is InChI=1S/C17H26N4O.HI/c1-3-4-10-19-17(18-2)20-12-16(22)21-11-9-14-7-5-6-8-15(14)13-21;/h5-8H,3-4,9-13H2,1-2H3,(H2,18,19,20);1H. The molecular weight excluding hydrogens is 403 g/mol. The van der Waals surface area contributed by atoms with Gasteiger partial charge in [-0.25, -0.2) is 0 Å². The van der Waals surface area contributed by atoms with E-state index in [0.29, 0.717) is 12.5 Å². The van der Waals surface area contributed by atoms with E-state index in [1.807, 2.05) is 11.0 Å². The van der Waals surface area contributed by atoms with Gasteiger partial charge in [0.1, 0.15) is 0 Å². The number of aliphatic imine (C=N–C) groups is 1. The number of carbonyl (C=O) groups is 1. The minimum absolute atomic E-state index is 0. The van der Waals surface area contributed by atoms with E-state index >= 15 is 0 Å². The Kier molecular flexibility index (Phi) is 8.98. The predicted molar refractivity (Wildman–Crippen MR) is 105 cm³/mol. The summed E-state index contributed by atoms with van der Waals surface area (Å²) in [7, 11) is 1.73. The Balaban J connectivity index is 0.00000264. The summed E-state index contributed by atoms with van der Waals surface area (Å²) >= 11 is 0. The molecule has 0 saturated carbocycles. The van der Waals surface area contributed by atoms with Gasteiger partial charge in [-0.05, 0) is 24.0 Å². The molecule has 1 aliphatic rings. The molecule has 0 aromatic heterocycles. The molecule has 2 rings (SSSR count). The molecule has 0 atom stereocenters. The molecule has 0 bridgehead atoms. The van der Waals surface area contributed by atoms with E-state index in [-0.39, 0.29) is 36.4 Å². The van der Waals surface area contributed by atoms with Crippen molar-refractivity contribution in [1.29, 1.82) is 0 Å². The van der Waals surface area contributed by atoms with E-state index in [2.05, 4.69) is 40.7 Å². The fourth-order valence-corrected chi connectivity index (χ4v) is 2.58. The molecule has 2 N–H and O–H groups in total. The zero-order valence-electron chi connectivity index (χ0n) is 14.0. The highest BCUT2D eigenvalue weighted by Crippen LogP contribution is 2.18. The van der Waals surface area contributed by atoms with Crippen LogP contribution in [0.25, 0.3) is 0 Å². The molecule has 23 heavy (non-hydrogen) atoms. The van der Waals surface area contributed by atoms with Crippen LogP contribution in [0.1, 0.15) is 30.9 Å². The molecule has 0 fully saturated rings. The Morgan fingerprint density at radius 1 is 1.26 bits per heavy atom. The number of nitrogens with one attached hydrogen (secondary N) is 2. The lowest BCUT2D eigenvalue weighted by Crippen LogP contribution is -2.46. The molecule has 1 heterocycles. The molecule has 5 nitrogen and oxygen atoms in total. The van der Waals surface area contributed by atoms with Gasteiger partial charge < -0.3 is 15.5 Å². The zero-order chi connectivity index (χ0) is 15.8. The molecule has 0 spiro atoms. The van der Waals surface area contributed by atoms with Crippen molar-refractivity contribution in [3.05, 3.63) is 35.4 Å². The predicted octanol–water partition coefficient (Wildman–Crippen LogP) is 2.15. The van der Waals surface area contributed by atoms with Crippen LogP contribution in [0.2, 0.25) is 0 Å². The third kappa shape index (κ3) is 6.01. The van der Waals surface area contributed by atoms with E-state index in [0.717, 1.165) is 32.4 Å². The minimum Gasteiger partial charge on any atom is -0.356 e. The Labute approximate surface area is 156 Å². The summed E-state index contributed by atoms with van der Waals surface area (Å²) in [6, 6.07) is 8.34. The lowest BCUT2D eigenvalue weighted by Gasteiger charge is -2.29. The SMILES string of the molecule is CCCCNC(=NC)NCC(=O)N1CCc2ccccc2C1.I. The second-order valence-corrected chi connectivity index (χ2v) is 5.54. The Morgan fingerprint density at radius 3 is 2.70 bits per heavy atom. The van der Waals surface area contributed by atoms with Gasteiger partial charge in [-0.3, -0.25) is 9.79 Å². The largest absolute Gasteiger partial charge is 0.356 e. The van der Waals surface area contributed by atoms with Gasteiger partial charge in [0.25, 0.3) is 0 Å². The number of hydrogen-bond donors (Lipinski definition) is 2. The first-order valence-electron chi connectivity index (χ1n) is 8.03. The number of amides is 1. The molecule has 1 amide bonds. The first kappa shape index (κ1) is 19.7. The van der Waals surface area contributed by atoms with E-state index in [1.165, 1.54) is 11.1 Å². The van der Waals surface area contributed by atoms with Crippen molar-refractivity contribution < 1.29 is 4.79 Å². The van der Waals surface area contributed by atoms with Crippen molar-refractivity contribution in [2.24, 2.45) is 4.99 Å². The van der Waals surface area contributed by atoms with Gasteiger partial charge in [0, 0.05) is 26.7 Å². The third-order valence-corrected chi connectivity index (χ3v) is 3.94. The number of carbonyl (C=O) groups excluding carboxylic acids is 1. The smallest absolute Gasteiger partial charge is 0.242 e. The van der Waals surface area contributed by atoms with Crippen LogP contribution in [-0.4, -0.2) is 43.4 Å². The molecule has 0 radical (unpaired) electrons. The fraction of sp³-hybridized carbons (Fsp3) is 0.529. The average Bonchev–Trinajstić information content (AvgIpc) is 2.57. The summed E-state index contributed by atoms with van der Waals surface area (Å²) < 4.78 is 0. The van der Waals surface area contributed by atoms with Crippen molar-refractivity contribution in [3.8, 4) is 0 Å². The van der Waals surface area contributed by atoms with Gasteiger partial charge in [-0.15, -0.1) is 24.0 Å². The highest BCUT2D eigenvalue weighted by atomic mass is 127. The Morgan fingerprint density at radius 2 is 2.00 bits per heavy atom. The van der Waals surface area contributed by atoms with Crippen LogP contribution in [0.15, 0.2) is 29.3 Å². The molecule has 1 aromatic carbocycles. The van der Waals surface area contributed by atoms with Gasteiger partial charge in [0.05, 0.1) is 6.54 Å². The number of nitrogens with zero attached hydrogens (tertiary/aromatic N) is 2. The highest BCUT2D eigenvalue weighted by molar-refractivity contribution is 14.0. The number of fused-ring (bicyclic) bond motifs is 1. The maximum absolute atomic E-state index is 12.3. The van der Waals surface area contributed by atoms with Gasteiger partial charge in [0.15, 0.2) is 5.96 Å². The Bertz CT molecular complexity index is 533. The number of unbranched alkanes of at least 4 members (excludes halogenated alkanes) is 1. The van der Waals surface area contributed by atoms with Crippen LogP contribution in [0.5, 0.6) is 0 Å². The molecule has 6 heteroatoms. The van der Waals surface area contributed by atoms with Crippen molar-refractivity contribution in [1.82, 2.24) is 15.5 Å². The van der Waals surface area contributed by atoms with Crippen LogP contribution in [0.3, 0.4) is 0 Å². The van der Waals surface area contributed by atoms with Gasteiger partial charge in [-0.2, -0.15) is 0 Å². The number of guanidine groups is 1. The first-order chi connectivity index (χ1) is 10.7. The van der Waals surface area contributed by atoms with Crippen LogP contribution in [0, 0.1) is 0 Å². The lowest BCUT2D eigenvalue weighted by atomic mass is 10.00. The summed E-state index contributed by atoms with van der Waals surface area (Å²) in [6.45, 7) is 4.81. The van der Waals surface area contributed by atoms with Crippen LogP contribution < -0.4 is 10.6 Å². The van der Waals surface area contributed by atoms with E-state index in [1.54, 1.807) is 7.05 Å². The maximum atomic E-state index is 12.3. The van der Waals surface area contributed by atoms with Crippen molar-refractivity contribution in [2.75, 3.05) is 26.7 Å². The van der Waals surface area contributed by atoms with Crippen LogP contribution in [-0.2, 0) is 17.8 Å². The van der Waals surface area contributed by atoms with Gasteiger partial charge in [0.2, 0.25) is 5.91 Å². The molecule has 128 valence electrons. The molecule has 0 saturated heterocycles. The number of benzene rings is 1. The van der Waals surface area contributed by atoms with E-state index in [9.17, 15) is 4.79 Å². The lowest BCUT2D eigenvalue weighted by molar-refractivity contribution is -0.130. The van der Waals surface area contributed by atoms with Crippen molar-refractivity contribution >= 4 is 35.8 Å². The van der Waals surface area contributed by atoms with Crippen LogP contribution in [0.4, 0.5) is 0 Å². The number of hydrogen-bond acceptors (Lipinski definition) is 2. The second-order valence-electron chi connectivity index (χ2n) is 5.54.